The third-order valence-electron chi connectivity index (χ3n) is 27.4. The molecular formula is C87H148N2O55. The summed E-state index contributed by atoms with van der Waals surface area (Å²) in [5, 5.41) is 323. The second-order valence-corrected chi connectivity index (χ2v) is 37.7. The van der Waals surface area contributed by atoms with E-state index in [1.165, 1.54) is 20.8 Å². The highest BCUT2D eigenvalue weighted by Crippen LogP contribution is 2.42. The minimum absolute atomic E-state index is 0.00190. The molecule has 10 rings (SSSR count). The Labute approximate surface area is 824 Å². The van der Waals surface area contributed by atoms with E-state index in [2.05, 4.69) is 10.6 Å². The van der Waals surface area contributed by atoms with Gasteiger partial charge in [-0.1, -0.05) is 52.4 Å². The maximum Gasteiger partial charge on any atom is 0.373 e. The smallest absolute Gasteiger partial charge is 0.373 e. The zero-order valence-corrected chi connectivity index (χ0v) is 79.9. The van der Waals surface area contributed by atoms with Gasteiger partial charge in [-0.2, -0.15) is 9.59 Å². The molecule has 10 heterocycles. The number of hydrogen-bond acceptors (Lipinski definition) is 55. The third-order valence-corrected chi connectivity index (χ3v) is 27.4. The first kappa shape index (κ1) is 123. The monoisotopic (exact) mass is 2100 g/mol. The quantitative estimate of drug-likeness (QED) is 0.0252. The Morgan fingerprint density at radius 1 is 0.340 bits per heavy atom. The van der Waals surface area contributed by atoms with E-state index < -0.39 is 402 Å². The lowest BCUT2D eigenvalue weighted by molar-refractivity contribution is -0.393. The largest absolute Gasteiger partial charge is 0.394 e. The zero-order chi connectivity index (χ0) is 106. The molecule has 0 aliphatic carbocycles. The van der Waals surface area contributed by atoms with Gasteiger partial charge in [0.1, 0.15) is 231 Å². The Balaban J connectivity index is 0.00000760. The van der Waals surface area contributed by atoms with Crippen LogP contribution in [0, 0.1) is 17.8 Å². The van der Waals surface area contributed by atoms with Gasteiger partial charge in [-0.25, -0.2) is 0 Å². The summed E-state index contributed by atoms with van der Waals surface area (Å²) < 4.78 is 118. The Morgan fingerprint density at radius 2 is 0.701 bits per heavy atom. The SMILES string of the molecule is CC(=O)NC1[C@H](O[C@@H]2C(O)[C@@H](O[C@H]3C(CO)O[C@@H](O[C@@H]4C(CO)O[C@@H](OCCCCCC[C@H](C)C(=O)C[C@@H](CCCCCCO[C@@H]5OC(CO)[C@@H](O[C@@H]6OC(CO)[C@H](O[C@@H]7OC(CO)[C@H](O)[C@H](O)C7C)[C@H](OC7CC(O)[C@@H](NC(C)=O)[C@H]([C@H](O)[C@H](O)CO)O7)C6O)[C@H](O)C5O)C(C)=O)C(O)[C@H]4O)C(O)[C@H]3O)OC(CO)[C@@H]2O)OC(CO)[C@H](O)[C@@H]1O[C@@H]1OC(CO)[C@H](O)[C@H](O)C1O[C@@H]1OC(C)[C@@H](O)[C@H](O)C1O.O=C=O. The van der Waals surface area contributed by atoms with Gasteiger partial charge in [-0.15, -0.1) is 0 Å². The number of carbonyl (C=O) groups excluding carboxylic acids is 6. The molecule has 836 valence electrons. The van der Waals surface area contributed by atoms with Gasteiger partial charge in [-0.05, 0) is 39.5 Å². The summed E-state index contributed by atoms with van der Waals surface area (Å²) in [6.07, 6.45) is -83.3. The first-order valence-corrected chi connectivity index (χ1v) is 48.1. The summed E-state index contributed by atoms with van der Waals surface area (Å²) in [7, 11) is 0. The van der Waals surface area contributed by atoms with Crippen molar-refractivity contribution in [3.63, 3.8) is 0 Å². The van der Waals surface area contributed by atoms with Gasteiger partial charge in [0.15, 0.2) is 62.9 Å². The van der Waals surface area contributed by atoms with Crippen molar-refractivity contribution < 1.29 is 272 Å². The Hall–Kier alpha value is -4.30. The van der Waals surface area contributed by atoms with Crippen LogP contribution in [-0.4, -0.2) is 557 Å². The number of amides is 2. The molecule has 10 aliphatic heterocycles. The van der Waals surface area contributed by atoms with E-state index >= 15 is 0 Å². The predicted octanol–water partition coefficient (Wildman–Crippen LogP) is -16.3. The summed E-state index contributed by atoms with van der Waals surface area (Å²) in [5.74, 6) is -3.93. The van der Waals surface area contributed by atoms with Crippen molar-refractivity contribution in [1.82, 2.24) is 10.6 Å². The van der Waals surface area contributed by atoms with Crippen molar-refractivity contribution in [3.8, 4) is 0 Å². The topological polar surface area (TPSA) is 898 Å². The highest BCUT2D eigenvalue weighted by atomic mass is 16.8. The molecule has 0 bridgehead atoms. The molecule has 144 heavy (non-hydrogen) atoms. The first-order valence-electron chi connectivity index (χ1n) is 48.1. The average Bonchev–Trinajstić information content (AvgIpc) is 0.763. The fourth-order valence-electron chi connectivity index (χ4n) is 18.9. The third kappa shape index (κ3) is 30.7. The predicted molar refractivity (Wildman–Crippen MR) is 460 cm³/mol. The van der Waals surface area contributed by atoms with Crippen LogP contribution in [0.4, 0.5) is 0 Å². The number of rotatable bonds is 49. The molecule has 20 unspecified atom stereocenters. The number of aliphatic hydroxyl groups is 29. The van der Waals surface area contributed by atoms with Crippen molar-refractivity contribution in [2.24, 2.45) is 17.8 Å². The van der Waals surface area contributed by atoms with Gasteiger partial charge in [-0.3, -0.25) is 19.2 Å². The van der Waals surface area contributed by atoms with Crippen LogP contribution < -0.4 is 10.6 Å². The molecule has 0 aromatic heterocycles. The Morgan fingerprint density at radius 3 is 1.19 bits per heavy atom. The number of hydrogen-bond donors (Lipinski definition) is 31. The van der Waals surface area contributed by atoms with Crippen LogP contribution in [0.5, 0.6) is 0 Å². The van der Waals surface area contributed by atoms with E-state index in [0.29, 0.717) is 64.2 Å². The molecule has 57 nitrogen and oxygen atoms in total. The second-order valence-electron chi connectivity index (χ2n) is 37.7. The second kappa shape index (κ2) is 58.1. The van der Waals surface area contributed by atoms with Crippen molar-refractivity contribution >= 4 is 29.5 Å². The molecular weight excluding hydrogens is 1950 g/mol. The molecule has 10 saturated heterocycles. The van der Waals surface area contributed by atoms with Gasteiger partial charge in [0.05, 0.1) is 83.8 Å². The number of ether oxygens (including phenoxy) is 20. The number of Topliss-reactive ketones (excluding diaryl/α,β-unsaturated/α-hetero) is 2. The zero-order valence-electron chi connectivity index (χ0n) is 79.9. The summed E-state index contributed by atoms with van der Waals surface area (Å²) in [6, 6.07) is -3.24. The number of unbranched alkanes of at least 4 members (excludes halogenated alkanes) is 6. The summed E-state index contributed by atoms with van der Waals surface area (Å²) >= 11 is 0. The van der Waals surface area contributed by atoms with Gasteiger partial charge >= 0.3 is 6.15 Å². The summed E-state index contributed by atoms with van der Waals surface area (Å²) in [6.45, 7) is -0.834. The van der Waals surface area contributed by atoms with E-state index in [1.54, 1.807) is 6.92 Å². The van der Waals surface area contributed by atoms with Crippen LogP contribution in [0.1, 0.15) is 119 Å². The van der Waals surface area contributed by atoms with E-state index in [0.717, 1.165) is 13.8 Å². The van der Waals surface area contributed by atoms with E-state index in [1.807, 2.05) is 0 Å². The van der Waals surface area contributed by atoms with E-state index in [-0.39, 0.29) is 37.4 Å². The number of nitrogens with one attached hydrogen (secondary N) is 2. The molecule has 10 fully saturated rings. The first-order chi connectivity index (χ1) is 68.4. The fourth-order valence-corrected chi connectivity index (χ4v) is 18.9. The molecule has 53 atom stereocenters. The lowest BCUT2D eigenvalue weighted by Gasteiger charge is -2.51. The molecule has 0 saturated carbocycles. The summed E-state index contributed by atoms with van der Waals surface area (Å²) in [5.41, 5.74) is 0. The van der Waals surface area contributed by atoms with Crippen LogP contribution in [0.2, 0.25) is 0 Å². The molecule has 0 radical (unpaired) electrons. The molecule has 0 spiro atoms. The summed E-state index contributed by atoms with van der Waals surface area (Å²) in [4.78, 5) is 67.8. The van der Waals surface area contributed by atoms with Gasteiger partial charge < -0.3 is 253 Å². The van der Waals surface area contributed by atoms with Crippen molar-refractivity contribution in [2.45, 2.75) is 426 Å². The number of aliphatic hydroxyl groups excluding tert-OH is 29. The molecule has 10 aliphatic rings. The highest BCUT2D eigenvalue weighted by Gasteiger charge is 2.62. The molecule has 2 amide bonds. The minimum atomic E-state index is -2.28. The molecule has 31 N–H and O–H groups in total. The number of ketones is 2. The lowest BCUT2D eigenvalue weighted by Crippen LogP contribution is -2.70. The lowest BCUT2D eigenvalue weighted by atomic mass is 9.87. The Kier molecular flexibility index (Phi) is 49.7. The van der Waals surface area contributed by atoms with Crippen LogP contribution in [-0.2, 0) is 124 Å². The van der Waals surface area contributed by atoms with Crippen molar-refractivity contribution in [1.29, 1.82) is 0 Å². The van der Waals surface area contributed by atoms with Crippen molar-refractivity contribution in [3.05, 3.63) is 0 Å². The Bertz CT molecular complexity index is 3800. The maximum atomic E-state index is 13.5. The maximum absolute atomic E-state index is 13.5. The van der Waals surface area contributed by atoms with Crippen LogP contribution in [0.15, 0.2) is 0 Å². The van der Waals surface area contributed by atoms with Crippen molar-refractivity contribution in [2.75, 3.05) is 72.7 Å². The van der Waals surface area contributed by atoms with Gasteiger partial charge in [0.25, 0.3) is 0 Å². The minimum Gasteiger partial charge on any atom is -0.394 e. The van der Waals surface area contributed by atoms with E-state index in [4.69, 9.17) is 104 Å². The standard InChI is InChI=1S/C86H148N2O53.CO2/c1-30(37(101)19-36(32(3)98)16-12-8-10-14-18-123-81-65(118)61(114)70(45(27-95)130-81)137-85-68(121)76(72(47(29-97)132-85)138-78-31(2)51(104)54(107)40(22-90)125-78)134-48-20-38(102)49(87-34(5)99)73(133-48)53(106)39(103)21-89)15-11-7-9-13-17-122-80-64(117)60(113)69(44(26-94)129-80)135-83-66(119)62(115)71(46(28-96)131-83)136-84-67(120)75(57(110)43(25-93)127-84)140-79-50(88-35(6)100)74(56(109)42(24-92)126-79)139-86-77(59(112)55(108)41(23-91)128-86)141-82-63(116)58(111)52(105)33(4)124-82;2-1-3/h30-31,33,36,38-86,89-97,102-121H,7-29H2,1-6H3,(H,87,99)(H,88,100);/t30-,31?,33?,36+,38?,39+,40?,41?,42?,43?,44?,45?,46?,47?,48?,49+,50?,51+,52+,53+,54-,55-,56-,57-,58-,59-,60+,61+,62+,63?,64?,65?,66?,67?,68?,69+,70+,71-,72-,73+,74+,75-,76+,77?,78-,79-,80+,81+,82-,83-,84+,85-,86-;/m0./s1. The average molecular weight is 2100 g/mol. The molecule has 0 aromatic rings. The van der Waals surface area contributed by atoms with Gasteiger partial charge in [0, 0.05) is 57.7 Å². The van der Waals surface area contributed by atoms with Crippen LogP contribution in [0.25, 0.3) is 0 Å². The fraction of sp³-hybridized carbons (Fsp3) is 0.943. The molecule has 0 aromatic carbocycles. The normalized spacial score (nSPS) is 44.2. The van der Waals surface area contributed by atoms with Crippen LogP contribution in [0.3, 0.4) is 0 Å². The number of carbonyl (C=O) groups is 4. The van der Waals surface area contributed by atoms with E-state index in [9.17, 15) is 167 Å². The highest BCUT2D eigenvalue weighted by molar-refractivity contribution is 5.87. The van der Waals surface area contributed by atoms with Crippen LogP contribution >= 0.6 is 0 Å². The molecule has 57 heteroatoms. The van der Waals surface area contributed by atoms with Gasteiger partial charge in [0.2, 0.25) is 11.8 Å².